The molecule has 0 saturated carbocycles. The third-order valence-electron chi connectivity index (χ3n) is 3.56. The standard InChI is InChI=1S/C17H16F3NO4S/c1-12(22)13-7-9-15(10-8-13)26(23,24)21(2)11-14-5-3-4-6-16(14)25-17(18,19)20/h3-10H,11H2,1-2H3. The molecule has 26 heavy (non-hydrogen) atoms. The van der Waals surface area contributed by atoms with Crippen molar-refractivity contribution in [3.05, 3.63) is 59.7 Å². The van der Waals surface area contributed by atoms with Crippen LogP contribution in [0.2, 0.25) is 0 Å². The maximum atomic E-state index is 12.6. The predicted octanol–water partition coefficient (Wildman–Crippen LogP) is 3.61. The molecular weight excluding hydrogens is 371 g/mol. The number of hydrogen-bond acceptors (Lipinski definition) is 4. The summed E-state index contributed by atoms with van der Waals surface area (Å²) in [6, 6.07) is 10.6. The first-order valence-corrected chi connectivity index (χ1v) is 8.86. The van der Waals surface area contributed by atoms with Gasteiger partial charge in [0.1, 0.15) is 5.75 Å². The monoisotopic (exact) mass is 387 g/mol. The number of hydrogen-bond donors (Lipinski definition) is 0. The molecule has 0 aromatic heterocycles. The molecule has 0 aliphatic rings. The van der Waals surface area contributed by atoms with Crippen LogP contribution in [0.3, 0.4) is 0 Å². The average Bonchev–Trinajstić information content (AvgIpc) is 2.55. The van der Waals surface area contributed by atoms with Crippen LogP contribution in [0.15, 0.2) is 53.4 Å². The number of carbonyl (C=O) groups excluding carboxylic acids is 1. The highest BCUT2D eigenvalue weighted by Gasteiger charge is 2.32. The molecule has 0 amide bonds. The largest absolute Gasteiger partial charge is 0.573 e. The van der Waals surface area contributed by atoms with Crippen molar-refractivity contribution >= 4 is 15.8 Å². The van der Waals surface area contributed by atoms with E-state index in [9.17, 15) is 26.4 Å². The molecule has 0 spiro atoms. The SMILES string of the molecule is CC(=O)c1ccc(S(=O)(=O)N(C)Cc2ccccc2OC(F)(F)F)cc1. The van der Waals surface area contributed by atoms with Crippen LogP contribution in [0.25, 0.3) is 0 Å². The van der Waals surface area contributed by atoms with Gasteiger partial charge in [-0.15, -0.1) is 13.2 Å². The summed E-state index contributed by atoms with van der Waals surface area (Å²) in [6.07, 6.45) is -4.88. The van der Waals surface area contributed by atoms with Crippen molar-refractivity contribution < 1.29 is 31.1 Å². The van der Waals surface area contributed by atoms with Gasteiger partial charge in [0.25, 0.3) is 0 Å². The molecular formula is C17H16F3NO4S. The summed E-state index contributed by atoms with van der Waals surface area (Å²) < 4.78 is 67.5. The first-order valence-electron chi connectivity index (χ1n) is 7.42. The summed E-state index contributed by atoms with van der Waals surface area (Å²) in [6.45, 7) is 1.04. The van der Waals surface area contributed by atoms with Gasteiger partial charge < -0.3 is 4.74 Å². The fraction of sp³-hybridized carbons (Fsp3) is 0.235. The molecule has 0 heterocycles. The van der Waals surface area contributed by atoms with E-state index in [-0.39, 0.29) is 22.8 Å². The second-order valence-electron chi connectivity index (χ2n) is 5.50. The van der Waals surface area contributed by atoms with E-state index in [0.717, 1.165) is 10.4 Å². The number of rotatable bonds is 6. The van der Waals surface area contributed by atoms with Gasteiger partial charge in [-0.05, 0) is 25.1 Å². The minimum atomic E-state index is -4.88. The zero-order valence-electron chi connectivity index (χ0n) is 13.9. The van der Waals surface area contributed by atoms with E-state index < -0.39 is 22.1 Å². The molecule has 0 fully saturated rings. The van der Waals surface area contributed by atoms with Crippen molar-refractivity contribution in [2.24, 2.45) is 0 Å². The van der Waals surface area contributed by atoms with Gasteiger partial charge in [0.05, 0.1) is 4.90 Å². The second kappa shape index (κ2) is 7.46. The number of ether oxygens (including phenoxy) is 1. The van der Waals surface area contributed by atoms with E-state index >= 15 is 0 Å². The zero-order chi connectivity index (χ0) is 19.5. The number of nitrogens with zero attached hydrogens (tertiary/aromatic N) is 1. The Morgan fingerprint density at radius 3 is 2.19 bits per heavy atom. The Bertz CT molecular complexity index is 893. The maximum absolute atomic E-state index is 12.6. The molecule has 2 aromatic carbocycles. The van der Waals surface area contributed by atoms with Crippen molar-refractivity contribution in [1.82, 2.24) is 4.31 Å². The van der Waals surface area contributed by atoms with Crippen molar-refractivity contribution in [2.45, 2.75) is 24.7 Å². The number of benzene rings is 2. The molecule has 2 rings (SSSR count). The lowest BCUT2D eigenvalue weighted by atomic mass is 10.2. The van der Waals surface area contributed by atoms with E-state index in [0.29, 0.717) is 5.56 Å². The van der Waals surface area contributed by atoms with Gasteiger partial charge in [-0.2, -0.15) is 4.31 Å². The quantitative estimate of drug-likeness (QED) is 0.711. The minimum Gasteiger partial charge on any atom is -0.405 e. The van der Waals surface area contributed by atoms with Gasteiger partial charge in [0, 0.05) is 24.7 Å². The third kappa shape index (κ3) is 4.83. The van der Waals surface area contributed by atoms with Crippen LogP contribution in [0, 0.1) is 0 Å². The molecule has 0 N–H and O–H groups in total. The molecule has 0 saturated heterocycles. The van der Waals surface area contributed by atoms with Gasteiger partial charge in [-0.3, -0.25) is 4.79 Å². The molecule has 140 valence electrons. The predicted molar refractivity (Wildman–Crippen MR) is 88.2 cm³/mol. The van der Waals surface area contributed by atoms with E-state index in [1.165, 1.54) is 56.4 Å². The lowest BCUT2D eigenvalue weighted by Gasteiger charge is -2.20. The Kier molecular flexibility index (Phi) is 5.72. The topological polar surface area (TPSA) is 63.7 Å². The van der Waals surface area contributed by atoms with Gasteiger partial charge in [0.2, 0.25) is 10.0 Å². The smallest absolute Gasteiger partial charge is 0.405 e. The average molecular weight is 387 g/mol. The first-order chi connectivity index (χ1) is 12.0. The molecule has 9 heteroatoms. The highest BCUT2D eigenvalue weighted by Crippen LogP contribution is 2.28. The van der Waals surface area contributed by atoms with Gasteiger partial charge >= 0.3 is 6.36 Å². The van der Waals surface area contributed by atoms with Gasteiger partial charge in [0.15, 0.2) is 5.78 Å². The Labute approximate surface area is 149 Å². The molecule has 0 aliphatic carbocycles. The second-order valence-corrected chi connectivity index (χ2v) is 7.54. The summed E-state index contributed by atoms with van der Waals surface area (Å²) in [5.41, 5.74) is 0.423. The van der Waals surface area contributed by atoms with Crippen LogP contribution in [0.5, 0.6) is 5.75 Å². The molecule has 0 atom stereocenters. The Hall–Kier alpha value is -2.39. The molecule has 0 radical (unpaired) electrons. The lowest BCUT2D eigenvalue weighted by Crippen LogP contribution is -2.27. The van der Waals surface area contributed by atoms with Crippen molar-refractivity contribution in [3.63, 3.8) is 0 Å². The number of para-hydroxylation sites is 1. The van der Waals surface area contributed by atoms with E-state index in [2.05, 4.69) is 4.74 Å². The van der Waals surface area contributed by atoms with E-state index in [4.69, 9.17) is 0 Å². The number of carbonyl (C=O) groups is 1. The van der Waals surface area contributed by atoms with Crippen LogP contribution in [-0.4, -0.2) is 31.9 Å². The van der Waals surface area contributed by atoms with Crippen LogP contribution < -0.4 is 4.74 Å². The van der Waals surface area contributed by atoms with Gasteiger partial charge in [-0.25, -0.2) is 8.42 Å². The molecule has 0 bridgehead atoms. The highest BCUT2D eigenvalue weighted by molar-refractivity contribution is 7.89. The summed E-state index contributed by atoms with van der Waals surface area (Å²) in [5.74, 6) is -0.672. The number of Topliss-reactive ketones (excluding diaryl/α,β-unsaturated/α-hetero) is 1. The number of alkyl halides is 3. The van der Waals surface area contributed by atoms with Gasteiger partial charge in [-0.1, -0.05) is 30.3 Å². The summed E-state index contributed by atoms with van der Waals surface area (Å²) >= 11 is 0. The van der Waals surface area contributed by atoms with Crippen molar-refractivity contribution in [3.8, 4) is 5.75 Å². The lowest BCUT2D eigenvalue weighted by molar-refractivity contribution is -0.274. The van der Waals surface area contributed by atoms with Crippen LogP contribution in [0.4, 0.5) is 13.2 Å². The first kappa shape index (κ1) is 19.9. The maximum Gasteiger partial charge on any atom is 0.573 e. The summed E-state index contributed by atoms with van der Waals surface area (Å²) in [5, 5.41) is 0. The normalized spacial score (nSPS) is 12.2. The van der Waals surface area contributed by atoms with E-state index in [1.54, 1.807) is 0 Å². The zero-order valence-corrected chi connectivity index (χ0v) is 14.8. The highest BCUT2D eigenvalue weighted by atomic mass is 32.2. The third-order valence-corrected chi connectivity index (χ3v) is 5.38. The Morgan fingerprint density at radius 1 is 1.08 bits per heavy atom. The van der Waals surface area contributed by atoms with E-state index in [1.807, 2.05) is 0 Å². The number of ketones is 1. The Morgan fingerprint density at radius 2 is 1.65 bits per heavy atom. The molecule has 5 nitrogen and oxygen atoms in total. The fourth-order valence-corrected chi connectivity index (χ4v) is 3.37. The van der Waals surface area contributed by atoms with Crippen LogP contribution in [0.1, 0.15) is 22.8 Å². The summed E-state index contributed by atoms with van der Waals surface area (Å²) in [4.78, 5) is 11.2. The summed E-state index contributed by atoms with van der Waals surface area (Å²) in [7, 11) is -2.71. The minimum absolute atomic E-state index is 0.0660. The van der Waals surface area contributed by atoms with Crippen LogP contribution in [-0.2, 0) is 16.6 Å². The fourth-order valence-electron chi connectivity index (χ4n) is 2.23. The van der Waals surface area contributed by atoms with Crippen LogP contribution >= 0.6 is 0 Å². The molecule has 0 unspecified atom stereocenters. The molecule has 2 aromatic rings. The number of sulfonamides is 1. The molecule has 0 aliphatic heterocycles. The van der Waals surface area contributed by atoms with Crippen molar-refractivity contribution in [1.29, 1.82) is 0 Å². The van der Waals surface area contributed by atoms with Crippen molar-refractivity contribution in [2.75, 3.05) is 7.05 Å². The number of halogens is 3. The Balaban J connectivity index is 2.26.